The number of allylic oxidation sites excluding steroid dienone is 1. The van der Waals surface area contributed by atoms with Crippen LogP contribution in [0.15, 0.2) is 84.1 Å². The number of nitro benzene ring substituents is 1. The molecular weight excluding hydrogens is 456 g/mol. The summed E-state index contributed by atoms with van der Waals surface area (Å²) in [6.45, 7) is 5.89. The number of carbonyl (C=O) groups excluding carboxylic acids is 1. The Morgan fingerprint density at radius 3 is 2.39 bits per heavy atom. The van der Waals surface area contributed by atoms with Crippen LogP contribution in [0, 0.1) is 24.0 Å². The van der Waals surface area contributed by atoms with Crippen LogP contribution in [-0.2, 0) is 4.79 Å². The number of aryl methyl sites for hydroxylation is 2. The average Bonchev–Trinajstić information content (AvgIpc) is 3.29. The molecule has 1 unspecified atom stereocenters. The monoisotopic (exact) mass is 480 g/mol. The van der Waals surface area contributed by atoms with Crippen molar-refractivity contribution in [1.29, 1.82) is 0 Å². The summed E-state index contributed by atoms with van der Waals surface area (Å²) in [6, 6.07) is 20.7. The van der Waals surface area contributed by atoms with E-state index in [4.69, 9.17) is 10.1 Å². The van der Waals surface area contributed by atoms with Crippen molar-refractivity contribution in [1.82, 2.24) is 14.8 Å². The molecule has 0 aliphatic carbocycles. The maximum atomic E-state index is 13.5. The SMILES string of the molecule is CC1=C(C(=O)Nc2ccccc2)C(c2ccc([N+](=O)[O-])cc2)n2nc(-c3ccc(C)c(C)c3)nc2N1. The maximum Gasteiger partial charge on any atom is 0.269 e. The Labute approximate surface area is 207 Å². The molecule has 5 rings (SSSR count). The predicted octanol–water partition coefficient (Wildman–Crippen LogP) is 5.40. The number of carbonyl (C=O) groups is 1. The Morgan fingerprint density at radius 2 is 1.72 bits per heavy atom. The number of anilines is 2. The van der Waals surface area contributed by atoms with E-state index in [2.05, 4.69) is 10.6 Å². The molecular formula is C27H24N6O3. The lowest BCUT2D eigenvalue weighted by Crippen LogP contribution is -2.31. The molecule has 1 aliphatic heterocycles. The van der Waals surface area contributed by atoms with Gasteiger partial charge in [-0.05, 0) is 67.8 Å². The number of hydrogen-bond donors (Lipinski definition) is 2. The molecule has 0 saturated carbocycles. The van der Waals surface area contributed by atoms with Gasteiger partial charge in [-0.1, -0.05) is 30.3 Å². The van der Waals surface area contributed by atoms with E-state index in [1.807, 2.05) is 69.3 Å². The van der Waals surface area contributed by atoms with Crippen molar-refractivity contribution < 1.29 is 9.72 Å². The van der Waals surface area contributed by atoms with Gasteiger partial charge < -0.3 is 10.6 Å². The zero-order valence-electron chi connectivity index (χ0n) is 20.0. The van der Waals surface area contributed by atoms with Crippen LogP contribution in [0.3, 0.4) is 0 Å². The molecule has 3 aromatic carbocycles. The van der Waals surface area contributed by atoms with Gasteiger partial charge in [-0.3, -0.25) is 14.9 Å². The smallest absolute Gasteiger partial charge is 0.269 e. The summed E-state index contributed by atoms with van der Waals surface area (Å²) in [5.74, 6) is 0.703. The number of rotatable bonds is 5. The quantitative estimate of drug-likeness (QED) is 0.292. The van der Waals surface area contributed by atoms with E-state index >= 15 is 0 Å². The summed E-state index contributed by atoms with van der Waals surface area (Å²) in [5, 5.41) is 22.2. The van der Waals surface area contributed by atoms with E-state index in [1.54, 1.807) is 16.8 Å². The highest BCUT2D eigenvalue weighted by Crippen LogP contribution is 2.37. The summed E-state index contributed by atoms with van der Waals surface area (Å²) >= 11 is 0. The fourth-order valence-corrected chi connectivity index (χ4v) is 4.25. The maximum absolute atomic E-state index is 13.5. The molecule has 9 nitrogen and oxygen atoms in total. The number of nitrogens with one attached hydrogen (secondary N) is 2. The summed E-state index contributed by atoms with van der Waals surface area (Å²) in [6.07, 6.45) is 0. The largest absolute Gasteiger partial charge is 0.328 e. The molecule has 0 saturated heterocycles. The van der Waals surface area contributed by atoms with Crippen LogP contribution in [0.4, 0.5) is 17.3 Å². The standard InChI is InChI=1S/C27H24N6O3/c1-16-9-10-20(15-17(16)2)25-30-27-28-18(3)23(26(34)29-21-7-5-4-6-8-21)24(32(27)31-25)19-11-13-22(14-12-19)33(35)36/h4-15,24H,1-3H3,(H,29,34)(H,28,30,31). The van der Waals surface area contributed by atoms with Crippen molar-refractivity contribution >= 4 is 23.2 Å². The van der Waals surface area contributed by atoms with Crippen molar-refractivity contribution in [3.8, 4) is 11.4 Å². The summed E-state index contributed by atoms with van der Waals surface area (Å²) in [4.78, 5) is 29.0. The van der Waals surface area contributed by atoms with Crippen LogP contribution in [0.5, 0.6) is 0 Å². The van der Waals surface area contributed by atoms with Gasteiger partial charge in [0.25, 0.3) is 11.6 Å². The molecule has 4 aromatic rings. The Hall–Kier alpha value is -4.79. The molecule has 1 atom stereocenters. The topological polar surface area (TPSA) is 115 Å². The average molecular weight is 481 g/mol. The minimum atomic E-state index is -0.640. The zero-order chi connectivity index (χ0) is 25.4. The molecule has 0 radical (unpaired) electrons. The summed E-state index contributed by atoms with van der Waals surface area (Å²) < 4.78 is 1.67. The van der Waals surface area contributed by atoms with Crippen molar-refractivity contribution in [2.45, 2.75) is 26.8 Å². The third-order valence-electron chi connectivity index (χ3n) is 6.31. The lowest BCUT2D eigenvalue weighted by Gasteiger charge is -2.28. The number of aromatic nitrogens is 3. The van der Waals surface area contributed by atoms with E-state index in [1.165, 1.54) is 17.7 Å². The third-order valence-corrected chi connectivity index (χ3v) is 6.31. The molecule has 0 spiro atoms. The first-order valence-electron chi connectivity index (χ1n) is 11.4. The van der Waals surface area contributed by atoms with E-state index in [9.17, 15) is 14.9 Å². The highest BCUT2D eigenvalue weighted by Gasteiger charge is 2.34. The first kappa shape index (κ1) is 23.0. The van der Waals surface area contributed by atoms with Crippen molar-refractivity contribution in [2.75, 3.05) is 10.6 Å². The van der Waals surface area contributed by atoms with Crippen LogP contribution >= 0.6 is 0 Å². The first-order chi connectivity index (χ1) is 17.3. The van der Waals surface area contributed by atoms with Gasteiger partial charge in [0.05, 0.1) is 10.5 Å². The van der Waals surface area contributed by atoms with Gasteiger partial charge in [-0.2, -0.15) is 4.98 Å². The van der Waals surface area contributed by atoms with Crippen LogP contribution in [0.1, 0.15) is 29.7 Å². The molecule has 36 heavy (non-hydrogen) atoms. The number of amides is 1. The highest BCUT2D eigenvalue weighted by atomic mass is 16.6. The number of fused-ring (bicyclic) bond motifs is 1. The van der Waals surface area contributed by atoms with Gasteiger partial charge in [-0.25, -0.2) is 4.68 Å². The van der Waals surface area contributed by atoms with Crippen molar-refractivity contribution in [3.05, 3.63) is 111 Å². The normalized spacial score (nSPS) is 14.7. The number of non-ortho nitro benzene ring substituents is 1. The van der Waals surface area contributed by atoms with Crippen LogP contribution in [0.25, 0.3) is 11.4 Å². The number of nitro groups is 1. The van der Waals surface area contributed by atoms with Gasteiger partial charge in [-0.15, -0.1) is 5.10 Å². The van der Waals surface area contributed by atoms with Gasteiger partial charge in [0, 0.05) is 29.1 Å². The fourth-order valence-electron chi connectivity index (χ4n) is 4.25. The number of benzene rings is 3. The summed E-state index contributed by atoms with van der Waals surface area (Å²) in [7, 11) is 0. The lowest BCUT2D eigenvalue weighted by molar-refractivity contribution is -0.384. The van der Waals surface area contributed by atoms with Gasteiger partial charge in [0.2, 0.25) is 5.95 Å². The minimum absolute atomic E-state index is 0.0293. The minimum Gasteiger partial charge on any atom is -0.328 e. The van der Waals surface area contributed by atoms with E-state index in [0.717, 1.165) is 11.1 Å². The molecule has 0 fully saturated rings. The number of para-hydroxylation sites is 1. The van der Waals surface area contributed by atoms with Crippen LogP contribution < -0.4 is 10.6 Å². The molecule has 2 N–H and O–H groups in total. The summed E-state index contributed by atoms with van der Waals surface area (Å²) in [5.41, 5.74) is 5.52. The van der Waals surface area contributed by atoms with E-state index < -0.39 is 11.0 Å². The second kappa shape index (κ2) is 9.10. The van der Waals surface area contributed by atoms with Gasteiger partial charge in [0.1, 0.15) is 6.04 Å². The lowest BCUT2D eigenvalue weighted by atomic mass is 9.95. The number of hydrogen-bond acceptors (Lipinski definition) is 6. The fraction of sp³-hybridized carbons (Fsp3) is 0.148. The van der Waals surface area contributed by atoms with Crippen LogP contribution in [-0.4, -0.2) is 25.6 Å². The van der Waals surface area contributed by atoms with Gasteiger partial charge in [0.15, 0.2) is 5.82 Å². The molecule has 1 aromatic heterocycles. The second-order valence-corrected chi connectivity index (χ2v) is 8.74. The zero-order valence-corrected chi connectivity index (χ0v) is 20.0. The number of nitrogens with zero attached hydrogens (tertiary/aromatic N) is 4. The molecule has 9 heteroatoms. The van der Waals surface area contributed by atoms with Crippen LogP contribution in [0.2, 0.25) is 0 Å². The second-order valence-electron chi connectivity index (χ2n) is 8.74. The Bertz CT molecular complexity index is 1510. The molecule has 1 aliphatic rings. The molecule has 180 valence electrons. The molecule has 1 amide bonds. The first-order valence-corrected chi connectivity index (χ1v) is 11.4. The van der Waals surface area contributed by atoms with Gasteiger partial charge >= 0.3 is 0 Å². The Balaban J connectivity index is 1.61. The van der Waals surface area contributed by atoms with Crippen molar-refractivity contribution in [2.24, 2.45) is 0 Å². The predicted molar refractivity (Wildman–Crippen MR) is 138 cm³/mol. The van der Waals surface area contributed by atoms with Crippen molar-refractivity contribution in [3.63, 3.8) is 0 Å². The van der Waals surface area contributed by atoms with E-state index in [-0.39, 0.29) is 11.6 Å². The van der Waals surface area contributed by atoms with E-state index in [0.29, 0.717) is 34.3 Å². The highest BCUT2D eigenvalue weighted by molar-refractivity contribution is 6.06. The Kier molecular flexibility index (Phi) is 5.81. The molecule has 0 bridgehead atoms. The third kappa shape index (κ3) is 4.22. The Morgan fingerprint density at radius 1 is 1.00 bits per heavy atom. The molecule has 2 heterocycles.